The third-order valence-corrected chi connectivity index (χ3v) is 6.01. The summed E-state index contributed by atoms with van der Waals surface area (Å²) in [6.07, 6.45) is 6.78. The smallest absolute Gasteiger partial charge is 0.260 e. The Morgan fingerprint density at radius 3 is 2.67 bits per heavy atom. The molecular formula is C26H30ClN7O2. The SMILES string of the molecule is CCn1c(=O)c(-c2ccc(-c3cncc(C)n3)cc2Cl)cc2cnc(NCCCOCCCN)nc21. The van der Waals surface area contributed by atoms with Crippen LogP contribution in [0.1, 0.15) is 25.5 Å². The van der Waals surface area contributed by atoms with Crippen molar-refractivity contribution in [2.75, 3.05) is 31.6 Å². The van der Waals surface area contributed by atoms with Gasteiger partial charge in [0.25, 0.3) is 5.56 Å². The summed E-state index contributed by atoms with van der Waals surface area (Å²) in [7, 11) is 0. The zero-order chi connectivity index (χ0) is 25.5. The van der Waals surface area contributed by atoms with Gasteiger partial charge in [0.1, 0.15) is 5.65 Å². The highest BCUT2D eigenvalue weighted by molar-refractivity contribution is 6.33. The molecule has 0 unspecified atom stereocenters. The minimum atomic E-state index is -0.159. The van der Waals surface area contributed by atoms with Crippen LogP contribution in [0.25, 0.3) is 33.4 Å². The fourth-order valence-electron chi connectivity index (χ4n) is 3.89. The second-order valence-electron chi connectivity index (χ2n) is 8.36. The number of aromatic nitrogens is 5. The molecule has 3 N–H and O–H groups in total. The first kappa shape index (κ1) is 25.7. The van der Waals surface area contributed by atoms with Crippen molar-refractivity contribution in [2.24, 2.45) is 5.73 Å². The molecule has 0 saturated heterocycles. The van der Waals surface area contributed by atoms with Crippen molar-refractivity contribution >= 4 is 28.6 Å². The van der Waals surface area contributed by atoms with Crippen LogP contribution in [0.2, 0.25) is 5.02 Å². The zero-order valence-electron chi connectivity index (χ0n) is 20.5. The molecule has 0 atom stereocenters. The number of hydrogen-bond donors (Lipinski definition) is 2. The van der Waals surface area contributed by atoms with Crippen LogP contribution in [-0.4, -0.2) is 50.8 Å². The minimum Gasteiger partial charge on any atom is -0.381 e. The molecule has 10 heteroatoms. The number of benzene rings is 1. The second-order valence-corrected chi connectivity index (χ2v) is 8.76. The molecule has 0 aliphatic carbocycles. The summed E-state index contributed by atoms with van der Waals surface area (Å²) in [6, 6.07) is 7.35. The average Bonchev–Trinajstić information content (AvgIpc) is 2.88. The van der Waals surface area contributed by atoms with Gasteiger partial charge in [-0.3, -0.25) is 14.3 Å². The highest BCUT2D eigenvalue weighted by atomic mass is 35.5. The quantitative estimate of drug-likeness (QED) is 0.291. The Morgan fingerprint density at radius 2 is 1.92 bits per heavy atom. The lowest BCUT2D eigenvalue weighted by atomic mass is 10.0. The predicted octanol–water partition coefficient (Wildman–Crippen LogP) is 4.06. The lowest BCUT2D eigenvalue weighted by molar-refractivity contribution is 0.133. The van der Waals surface area contributed by atoms with Crippen LogP contribution in [0.5, 0.6) is 0 Å². The zero-order valence-corrected chi connectivity index (χ0v) is 21.3. The maximum absolute atomic E-state index is 13.4. The first-order valence-corrected chi connectivity index (χ1v) is 12.4. The van der Waals surface area contributed by atoms with Gasteiger partial charge in [0.15, 0.2) is 0 Å². The van der Waals surface area contributed by atoms with Crippen molar-refractivity contribution in [3.8, 4) is 22.4 Å². The molecule has 0 radical (unpaired) electrons. The molecule has 3 aromatic heterocycles. The molecular weight excluding hydrogens is 478 g/mol. The van der Waals surface area contributed by atoms with Gasteiger partial charge in [0, 0.05) is 65.8 Å². The summed E-state index contributed by atoms with van der Waals surface area (Å²) in [5.74, 6) is 0.473. The molecule has 0 amide bonds. The van der Waals surface area contributed by atoms with Crippen molar-refractivity contribution in [2.45, 2.75) is 33.2 Å². The molecule has 0 aliphatic heterocycles. The molecule has 4 aromatic rings. The van der Waals surface area contributed by atoms with Gasteiger partial charge in [0.2, 0.25) is 5.95 Å². The van der Waals surface area contributed by atoms with Crippen LogP contribution in [-0.2, 0) is 11.3 Å². The number of hydrogen-bond acceptors (Lipinski definition) is 8. The van der Waals surface area contributed by atoms with Gasteiger partial charge in [-0.15, -0.1) is 0 Å². The van der Waals surface area contributed by atoms with Crippen LogP contribution in [0.15, 0.2) is 47.7 Å². The van der Waals surface area contributed by atoms with Crippen LogP contribution >= 0.6 is 11.6 Å². The summed E-state index contributed by atoms with van der Waals surface area (Å²) in [5.41, 5.74) is 9.40. The number of fused-ring (bicyclic) bond motifs is 1. The molecule has 1 aromatic carbocycles. The Labute approximate surface area is 214 Å². The van der Waals surface area contributed by atoms with Gasteiger partial charge >= 0.3 is 0 Å². The van der Waals surface area contributed by atoms with Gasteiger partial charge in [-0.05, 0) is 45.4 Å². The molecule has 36 heavy (non-hydrogen) atoms. The first-order chi connectivity index (χ1) is 17.5. The number of nitrogens with two attached hydrogens (primary N) is 1. The number of nitrogens with one attached hydrogen (secondary N) is 1. The number of aryl methyl sites for hydroxylation is 2. The molecule has 0 saturated carbocycles. The van der Waals surface area contributed by atoms with Gasteiger partial charge in [-0.2, -0.15) is 4.98 Å². The number of pyridine rings is 1. The van der Waals surface area contributed by atoms with Crippen LogP contribution < -0.4 is 16.6 Å². The van der Waals surface area contributed by atoms with Crippen molar-refractivity contribution < 1.29 is 4.74 Å². The molecule has 188 valence electrons. The van der Waals surface area contributed by atoms with E-state index in [1.807, 2.05) is 32.0 Å². The summed E-state index contributed by atoms with van der Waals surface area (Å²) < 4.78 is 7.16. The maximum atomic E-state index is 13.4. The minimum absolute atomic E-state index is 0.159. The molecule has 9 nitrogen and oxygen atoms in total. The number of ether oxygens (including phenoxy) is 1. The van der Waals surface area contributed by atoms with E-state index in [9.17, 15) is 4.79 Å². The summed E-state index contributed by atoms with van der Waals surface area (Å²) in [6.45, 7) is 6.86. The molecule has 4 rings (SSSR count). The third kappa shape index (κ3) is 5.87. The molecule has 3 heterocycles. The van der Waals surface area contributed by atoms with E-state index < -0.39 is 0 Å². The number of rotatable bonds is 11. The number of halogens is 1. The second kappa shape index (κ2) is 12.0. The lowest BCUT2D eigenvalue weighted by Gasteiger charge is -2.13. The maximum Gasteiger partial charge on any atom is 0.260 e. The summed E-state index contributed by atoms with van der Waals surface area (Å²) in [5, 5.41) is 4.42. The Balaban J connectivity index is 1.59. The average molecular weight is 508 g/mol. The van der Waals surface area contributed by atoms with E-state index in [1.165, 1.54) is 0 Å². The van der Waals surface area contributed by atoms with Crippen LogP contribution in [0.3, 0.4) is 0 Å². The Bertz CT molecular complexity index is 1410. The summed E-state index contributed by atoms with van der Waals surface area (Å²) in [4.78, 5) is 31.2. The fraction of sp³-hybridized carbons (Fsp3) is 0.346. The van der Waals surface area contributed by atoms with Crippen molar-refractivity contribution in [1.82, 2.24) is 24.5 Å². The largest absolute Gasteiger partial charge is 0.381 e. The standard InChI is InChI=1S/C26H30ClN7O2/c1-3-34-24-19(15-31-26(33-24)30-9-5-11-36-10-4-8-28)12-21(25(34)35)20-7-6-18(13-22(20)27)23-16-29-14-17(2)32-23/h6-7,12-16H,3-5,8-11,28H2,1-2H3,(H,30,31,33). The topological polar surface area (TPSA) is 121 Å². The Kier molecular flexibility index (Phi) is 8.58. The molecule has 0 fully saturated rings. The van der Waals surface area contributed by atoms with Crippen molar-refractivity contribution in [3.05, 3.63) is 63.9 Å². The van der Waals surface area contributed by atoms with Crippen LogP contribution in [0, 0.1) is 6.92 Å². The predicted molar refractivity (Wildman–Crippen MR) is 143 cm³/mol. The Morgan fingerprint density at radius 1 is 1.08 bits per heavy atom. The monoisotopic (exact) mass is 507 g/mol. The number of anilines is 1. The van der Waals surface area contributed by atoms with Gasteiger partial charge in [-0.25, -0.2) is 9.97 Å². The van der Waals surface area contributed by atoms with Gasteiger partial charge in [0.05, 0.1) is 17.6 Å². The highest BCUT2D eigenvalue weighted by Crippen LogP contribution is 2.31. The third-order valence-electron chi connectivity index (χ3n) is 5.69. The molecule has 0 bridgehead atoms. The normalized spacial score (nSPS) is 11.2. The highest BCUT2D eigenvalue weighted by Gasteiger charge is 2.16. The van der Waals surface area contributed by atoms with E-state index in [-0.39, 0.29) is 5.56 Å². The lowest BCUT2D eigenvalue weighted by Crippen LogP contribution is -2.22. The first-order valence-electron chi connectivity index (χ1n) is 12.0. The van der Waals surface area contributed by atoms with E-state index in [0.717, 1.165) is 35.2 Å². The van der Waals surface area contributed by atoms with E-state index >= 15 is 0 Å². The molecule has 0 aliphatic rings. The van der Waals surface area contributed by atoms with E-state index in [0.29, 0.717) is 60.6 Å². The number of nitrogens with zero attached hydrogens (tertiary/aromatic N) is 5. The van der Waals surface area contributed by atoms with Crippen molar-refractivity contribution in [3.63, 3.8) is 0 Å². The van der Waals surface area contributed by atoms with Crippen LogP contribution in [0.4, 0.5) is 5.95 Å². The van der Waals surface area contributed by atoms with E-state index in [2.05, 4.69) is 25.3 Å². The summed E-state index contributed by atoms with van der Waals surface area (Å²) >= 11 is 6.65. The Hall–Kier alpha value is -3.40. The van der Waals surface area contributed by atoms with Gasteiger partial charge in [-0.1, -0.05) is 23.7 Å². The fourth-order valence-corrected chi connectivity index (χ4v) is 4.17. The van der Waals surface area contributed by atoms with E-state index in [1.54, 1.807) is 29.2 Å². The molecule has 0 spiro atoms. The van der Waals surface area contributed by atoms with Crippen molar-refractivity contribution in [1.29, 1.82) is 0 Å². The van der Waals surface area contributed by atoms with E-state index in [4.69, 9.17) is 22.1 Å². The van der Waals surface area contributed by atoms with Gasteiger partial charge < -0.3 is 15.8 Å².